The summed E-state index contributed by atoms with van der Waals surface area (Å²) in [5.74, 6) is -0.513. The van der Waals surface area contributed by atoms with Crippen molar-refractivity contribution in [2.45, 2.75) is 105 Å². The Bertz CT molecular complexity index is 1720. The average Bonchev–Trinajstić information content (AvgIpc) is 3.65. The fraction of sp³-hybridized carbons (Fsp3) is 0.486. The van der Waals surface area contributed by atoms with Crippen LogP contribution in [0.4, 0.5) is 0 Å². The lowest BCUT2D eigenvalue weighted by molar-refractivity contribution is -0.193. The summed E-state index contributed by atoms with van der Waals surface area (Å²) < 4.78 is 14.6. The number of aromatic amines is 1. The van der Waals surface area contributed by atoms with E-state index >= 15 is 0 Å². The molecule has 0 fully saturated rings. The molecule has 0 spiro atoms. The summed E-state index contributed by atoms with van der Waals surface area (Å²) in [5, 5.41) is 14.5. The zero-order chi connectivity index (χ0) is 33.0. The van der Waals surface area contributed by atoms with Gasteiger partial charge in [0.2, 0.25) is 12.1 Å². The van der Waals surface area contributed by atoms with Gasteiger partial charge in [-0.2, -0.15) is 5.21 Å². The Labute approximate surface area is 269 Å². The lowest BCUT2D eigenvalue weighted by Crippen LogP contribution is -2.40. The Balaban J connectivity index is 1.45. The Morgan fingerprint density at radius 1 is 1.00 bits per heavy atom. The molecule has 46 heavy (non-hydrogen) atoms. The van der Waals surface area contributed by atoms with E-state index in [0.29, 0.717) is 24.2 Å². The molecule has 0 radical (unpaired) electrons. The van der Waals surface area contributed by atoms with E-state index in [2.05, 4.69) is 34.5 Å². The minimum atomic E-state index is -1.06. The summed E-state index contributed by atoms with van der Waals surface area (Å²) in [6, 6.07) is 15.3. The minimum Gasteiger partial charge on any atom is -0.425 e. The molecule has 11 nitrogen and oxygen atoms in total. The van der Waals surface area contributed by atoms with E-state index in [9.17, 15) is 14.4 Å². The third-order valence-corrected chi connectivity index (χ3v) is 8.51. The van der Waals surface area contributed by atoms with Gasteiger partial charge >= 0.3 is 11.9 Å². The topological polar surface area (TPSA) is 134 Å². The van der Waals surface area contributed by atoms with Gasteiger partial charge in [-0.05, 0) is 75.3 Å². The number of unbranched alkanes of at least 4 members (excludes halogenated alkanes) is 2. The van der Waals surface area contributed by atoms with Crippen LogP contribution in [0.25, 0.3) is 22.5 Å². The van der Waals surface area contributed by atoms with Gasteiger partial charge in [0, 0.05) is 36.2 Å². The SMILES string of the molecule is CCCCCc1c(Cc2ccc(-c3ccccc3-c3nn[nH]n3)cc2)c(=O)n2n1C(C)CCC2C(=O)OC(C)OC(=O)C(C)(C)C. The van der Waals surface area contributed by atoms with Gasteiger partial charge in [-0.3, -0.25) is 14.3 Å². The molecule has 3 unspecified atom stereocenters. The normalized spacial score (nSPS) is 16.9. The summed E-state index contributed by atoms with van der Waals surface area (Å²) in [5.41, 5.74) is 4.61. The molecule has 3 heterocycles. The van der Waals surface area contributed by atoms with E-state index in [4.69, 9.17) is 9.47 Å². The molecular formula is C35H44N6O5. The van der Waals surface area contributed by atoms with Crippen LogP contribution in [0.3, 0.4) is 0 Å². The number of benzene rings is 2. The first-order valence-electron chi connectivity index (χ1n) is 16.2. The fourth-order valence-electron chi connectivity index (χ4n) is 6.05. The highest BCUT2D eigenvalue weighted by atomic mass is 16.7. The molecule has 1 aliphatic heterocycles. The summed E-state index contributed by atoms with van der Waals surface area (Å²) in [6.07, 6.45) is 4.35. The summed E-state index contributed by atoms with van der Waals surface area (Å²) in [7, 11) is 0. The van der Waals surface area contributed by atoms with E-state index < -0.39 is 29.7 Å². The maximum absolute atomic E-state index is 14.2. The molecule has 11 heteroatoms. The van der Waals surface area contributed by atoms with Crippen LogP contribution >= 0.6 is 0 Å². The van der Waals surface area contributed by atoms with Gasteiger partial charge in [0.1, 0.15) is 0 Å². The molecule has 244 valence electrons. The predicted molar refractivity (Wildman–Crippen MR) is 174 cm³/mol. The van der Waals surface area contributed by atoms with Crippen LogP contribution in [0, 0.1) is 5.41 Å². The number of nitrogens with zero attached hydrogens (tertiary/aromatic N) is 5. The highest BCUT2D eigenvalue weighted by Crippen LogP contribution is 2.33. The first-order valence-corrected chi connectivity index (χ1v) is 16.2. The second kappa shape index (κ2) is 13.8. The van der Waals surface area contributed by atoms with Gasteiger partial charge in [0.05, 0.1) is 5.41 Å². The van der Waals surface area contributed by atoms with E-state index in [1.165, 1.54) is 6.92 Å². The quantitative estimate of drug-likeness (QED) is 0.118. The number of carbonyl (C=O) groups excluding carboxylic acids is 2. The summed E-state index contributed by atoms with van der Waals surface area (Å²) in [6.45, 7) is 11.0. The Morgan fingerprint density at radius 3 is 2.37 bits per heavy atom. The van der Waals surface area contributed by atoms with Crippen molar-refractivity contribution < 1.29 is 19.1 Å². The van der Waals surface area contributed by atoms with Gasteiger partial charge in [0.15, 0.2) is 6.04 Å². The van der Waals surface area contributed by atoms with Crippen LogP contribution in [-0.4, -0.2) is 48.2 Å². The van der Waals surface area contributed by atoms with Crippen LogP contribution in [0.2, 0.25) is 0 Å². The monoisotopic (exact) mass is 628 g/mol. The first-order chi connectivity index (χ1) is 22.0. The summed E-state index contributed by atoms with van der Waals surface area (Å²) >= 11 is 0. The second-order valence-corrected chi connectivity index (χ2v) is 13.1. The smallest absolute Gasteiger partial charge is 0.334 e. The van der Waals surface area contributed by atoms with Crippen LogP contribution in [0.1, 0.15) is 103 Å². The number of hydrogen-bond acceptors (Lipinski definition) is 8. The highest BCUT2D eigenvalue weighted by molar-refractivity contribution is 5.80. The average molecular weight is 629 g/mol. The predicted octanol–water partition coefficient (Wildman–Crippen LogP) is 6.19. The Hall–Kier alpha value is -4.54. The molecule has 0 saturated heterocycles. The molecule has 0 aliphatic carbocycles. The number of H-pyrrole nitrogens is 1. The number of aromatic nitrogens is 6. The van der Waals surface area contributed by atoms with Gasteiger partial charge in [-0.25, -0.2) is 9.48 Å². The zero-order valence-electron chi connectivity index (χ0n) is 27.6. The van der Waals surface area contributed by atoms with Crippen LogP contribution in [-0.2, 0) is 31.9 Å². The molecule has 0 amide bonds. The third-order valence-electron chi connectivity index (χ3n) is 8.51. The highest BCUT2D eigenvalue weighted by Gasteiger charge is 2.37. The number of hydrogen-bond donors (Lipinski definition) is 1. The first kappa shape index (κ1) is 32.8. The Morgan fingerprint density at radius 2 is 1.72 bits per heavy atom. The number of ether oxygens (including phenoxy) is 2. The van der Waals surface area contributed by atoms with Crippen molar-refractivity contribution in [1.29, 1.82) is 0 Å². The van der Waals surface area contributed by atoms with Crippen molar-refractivity contribution >= 4 is 11.9 Å². The lowest BCUT2D eigenvalue weighted by Gasteiger charge is -2.32. The van der Waals surface area contributed by atoms with E-state index in [1.54, 1.807) is 25.5 Å². The largest absolute Gasteiger partial charge is 0.425 e. The molecule has 4 aromatic rings. The van der Waals surface area contributed by atoms with Gasteiger partial charge < -0.3 is 9.47 Å². The molecule has 2 aromatic carbocycles. The zero-order valence-corrected chi connectivity index (χ0v) is 27.6. The third kappa shape index (κ3) is 6.98. The number of rotatable bonds is 11. The summed E-state index contributed by atoms with van der Waals surface area (Å²) in [4.78, 5) is 40.1. The van der Waals surface area contributed by atoms with Gasteiger partial charge in [-0.1, -0.05) is 68.3 Å². The van der Waals surface area contributed by atoms with E-state index in [0.717, 1.165) is 60.1 Å². The number of fused-ring (bicyclic) bond motifs is 1. The number of carbonyl (C=O) groups is 2. The maximum atomic E-state index is 14.2. The molecule has 2 aromatic heterocycles. The molecule has 0 saturated carbocycles. The second-order valence-electron chi connectivity index (χ2n) is 13.1. The van der Waals surface area contributed by atoms with Crippen molar-refractivity contribution in [3.63, 3.8) is 0 Å². The minimum absolute atomic E-state index is 0.0438. The van der Waals surface area contributed by atoms with Crippen molar-refractivity contribution in [3.8, 4) is 22.5 Å². The van der Waals surface area contributed by atoms with Gasteiger partial charge in [-0.15, -0.1) is 10.2 Å². The van der Waals surface area contributed by atoms with Crippen LogP contribution in [0.15, 0.2) is 53.3 Å². The lowest BCUT2D eigenvalue weighted by atomic mass is 9.96. The number of nitrogens with one attached hydrogen (secondary N) is 1. The molecule has 3 atom stereocenters. The molecule has 1 N–H and O–H groups in total. The van der Waals surface area contributed by atoms with Crippen molar-refractivity contribution in [2.24, 2.45) is 5.41 Å². The van der Waals surface area contributed by atoms with Crippen molar-refractivity contribution in [3.05, 3.63) is 75.7 Å². The van der Waals surface area contributed by atoms with Gasteiger partial charge in [0.25, 0.3) is 5.56 Å². The molecule has 1 aliphatic rings. The molecule has 0 bridgehead atoms. The van der Waals surface area contributed by atoms with Crippen molar-refractivity contribution in [1.82, 2.24) is 30.0 Å². The van der Waals surface area contributed by atoms with E-state index in [1.807, 2.05) is 53.2 Å². The van der Waals surface area contributed by atoms with Crippen molar-refractivity contribution in [2.75, 3.05) is 0 Å². The Kier molecular flexibility index (Phi) is 9.88. The fourth-order valence-corrected chi connectivity index (χ4v) is 6.05. The number of tetrazole rings is 1. The van der Waals surface area contributed by atoms with Crippen LogP contribution in [0.5, 0.6) is 0 Å². The van der Waals surface area contributed by atoms with Crippen LogP contribution < -0.4 is 5.56 Å². The van der Waals surface area contributed by atoms with E-state index in [-0.39, 0.29) is 11.6 Å². The molecular weight excluding hydrogens is 584 g/mol. The number of esters is 2. The molecule has 5 rings (SSSR count). The maximum Gasteiger partial charge on any atom is 0.334 e. The standard InChI is InChI=1S/C35H44N6O5/c1-7-8-9-14-29-28(21-24-16-18-25(19-17-24)26-12-10-11-13-27(26)31-36-38-39-37-31)32(42)41-30(20-15-22(2)40(29)41)33(43)45-23(3)46-34(44)35(4,5)6/h10-13,16-19,22-23,30H,7-9,14-15,20-21H2,1-6H3,(H,36,37,38,39).